The topological polar surface area (TPSA) is 29.3 Å². The number of hydrogen-bond donors (Lipinski definition) is 1. The van der Waals surface area contributed by atoms with Crippen molar-refractivity contribution < 1.29 is 4.39 Å². The van der Waals surface area contributed by atoms with E-state index in [1.807, 2.05) is 23.9 Å². The van der Waals surface area contributed by atoms with Crippen LogP contribution in [0.3, 0.4) is 0 Å². The summed E-state index contributed by atoms with van der Waals surface area (Å²) in [6, 6.07) is 4.70. The maximum absolute atomic E-state index is 13.6. The first-order valence-electron chi connectivity index (χ1n) is 4.55. The van der Waals surface area contributed by atoms with Gasteiger partial charge in [-0.15, -0.1) is 11.8 Å². The van der Waals surface area contributed by atoms with Gasteiger partial charge in [0, 0.05) is 23.8 Å². The van der Waals surface area contributed by atoms with Crippen LogP contribution in [0.25, 0.3) is 0 Å². The van der Waals surface area contributed by atoms with E-state index >= 15 is 0 Å². The maximum atomic E-state index is 13.6. The zero-order chi connectivity index (χ0) is 10.7. The van der Waals surface area contributed by atoms with Crippen LogP contribution in [0.1, 0.15) is 0 Å². The van der Waals surface area contributed by atoms with Gasteiger partial charge in [-0.05, 0) is 23.6 Å². The number of nitrogens with two attached hydrogens (primary N) is 1. The lowest BCUT2D eigenvalue weighted by atomic mass is 10.2. The average molecular weight is 222 g/mol. The molecule has 0 saturated carbocycles. The van der Waals surface area contributed by atoms with E-state index in [0.29, 0.717) is 11.4 Å². The predicted molar refractivity (Wildman–Crippen MR) is 64.0 cm³/mol. The number of nitrogens with zero attached hydrogens (tertiary/aromatic N) is 1. The third-order valence-corrected chi connectivity index (χ3v) is 2.73. The first kappa shape index (κ1) is 10.1. The monoisotopic (exact) mass is 222 g/mol. The Kier molecular flexibility index (Phi) is 2.97. The normalized spacial score (nSPS) is 15.4. The van der Waals surface area contributed by atoms with Gasteiger partial charge in [0.05, 0.1) is 5.69 Å². The molecule has 2 N–H and O–H groups in total. The summed E-state index contributed by atoms with van der Waals surface area (Å²) in [5, 5.41) is 1.94. The van der Waals surface area contributed by atoms with Gasteiger partial charge >= 0.3 is 0 Å². The van der Waals surface area contributed by atoms with E-state index in [4.69, 9.17) is 5.73 Å². The molecule has 1 heterocycles. The summed E-state index contributed by atoms with van der Waals surface area (Å²) < 4.78 is 13.6. The van der Waals surface area contributed by atoms with E-state index in [-0.39, 0.29) is 5.82 Å². The van der Waals surface area contributed by atoms with Gasteiger partial charge in [0.25, 0.3) is 0 Å². The molecule has 0 fully saturated rings. The van der Waals surface area contributed by atoms with Crippen molar-refractivity contribution in [3.05, 3.63) is 47.9 Å². The van der Waals surface area contributed by atoms with Crippen molar-refractivity contribution >= 4 is 23.1 Å². The van der Waals surface area contributed by atoms with Crippen molar-refractivity contribution in [1.29, 1.82) is 0 Å². The van der Waals surface area contributed by atoms with Gasteiger partial charge in [0.2, 0.25) is 0 Å². The zero-order valence-electron chi connectivity index (χ0n) is 8.06. The summed E-state index contributed by atoms with van der Waals surface area (Å²) in [7, 11) is 0. The van der Waals surface area contributed by atoms with Gasteiger partial charge in [-0.2, -0.15) is 0 Å². The Morgan fingerprint density at radius 3 is 3.00 bits per heavy atom. The lowest BCUT2D eigenvalue weighted by Gasteiger charge is -2.15. The van der Waals surface area contributed by atoms with Crippen LogP contribution in [0, 0.1) is 5.82 Å². The van der Waals surface area contributed by atoms with Crippen LogP contribution in [0.5, 0.6) is 0 Å². The second-order valence-electron chi connectivity index (χ2n) is 3.12. The molecule has 0 aromatic heterocycles. The molecule has 0 atom stereocenters. The molecule has 78 valence electrons. The summed E-state index contributed by atoms with van der Waals surface area (Å²) in [6.45, 7) is 0. The standard InChI is InChI=1S/C11H11FN2S/c12-10-8-9(13)2-3-11(10)14-4-1-6-15-7-5-14/h1-5,7-8H,6,13H2. The summed E-state index contributed by atoms with van der Waals surface area (Å²) in [5.74, 6) is 0.597. The highest BCUT2D eigenvalue weighted by Gasteiger charge is 2.07. The number of hydrogen-bond acceptors (Lipinski definition) is 3. The third-order valence-electron chi connectivity index (χ3n) is 2.03. The van der Waals surface area contributed by atoms with Crippen LogP contribution in [-0.4, -0.2) is 5.75 Å². The Balaban J connectivity index is 2.35. The summed E-state index contributed by atoms with van der Waals surface area (Å²) >= 11 is 1.67. The van der Waals surface area contributed by atoms with Crippen LogP contribution in [0.15, 0.2) is 42.1 Å². The SMILES string of the molecule is Nc1ccc(N2C=CCSC=C2)c(F)c1. The lowest BCUT2D eigenvalue weighted by Crippen LogP contribution is -2.08. The molecular formula is C11H11FN2S. The van der Waals surface area contributed by atoms with Crippen molar-refractivity contribution in [2.75, 3.05) is 16.4 Å². The molecule has 0 spiro atoms. The molecule has 1 aliphatic heterocycles. The highest BCUT2D eigenvalue weighted by atomic mass is 32.2. The van der Waals surface area contributed by atoms with Gasteiger partial charge in [0.15, 0.2) is 0 Å². The second kappa shape index (κ2) is 4.40. The highest BCUT2D eigenvalue weighted by molar-refractivity contribution is 8.02. The highest BCUT2D eigenvalue weighted by Crippen LogP contribution is 2.24. The van der Waals surface area contributed by atoms with Crippen molar-refractivity contribution in [3.63, 3.8) is 0 Å². The van der Waals surface area contributed by atoms with Crippen molar-refractivity contribution in [1.82, 2.24) is 0 Å². The van der Waals surface area contributed by atoms with E-state index in [1.165, 1.54) is 6.07 Å². The Morgan fingerprint density at radius 1 is 1.33 bits per heavy atom. The van der Waals surface area contributed by atoms with E-state index in [0.717, 1.165) is 5.75 Å². The molecule has 1 aromatic rings. The lowest BCUT2D eigenvalue weighted by molar-refractivity contribution is 0.629. The molecule has 15 heavy (non-hydrogen) atoms. The number of nitrogen functional groups attached to an aromatic ring is 1. The van der Waals surface area contributed by atoms with Crippen LogP contribution >= 0.6 is 11.8 Å². The fraction of sp³-hybridized carbons (Fsp3) is 0.0909. The summed E-state index contributed by atoms with van der Waals surface area (Å²) in [5.41, 5.74) is 6.44. The van der Waals surface area contributed by atoms with Crippen LogP contribution in [0.2, 0.25) is 0 Å². The molecule has 0 saturated heterocycles. The predicted octanol–water partition coefficient (Wildman–Crippen LogP) is 2.95. The quantitative estimate of drug-likeness (QED) is 0.741. The van der Waals surface area contributed by atoms with E-state index in [1.54, 1.807) is 28.8 Å². The Labute approximate surface area is 92.3 Å². The molecular weight excluding hydrogens is 211 g/mol. The van der Waals surface area contributed by atoms with Gasteiger partial charge in [-0.1, -0.05) is 6.08 Å². The summed E-state index contributed by atoms with van der Waals surface area (Å²) in [4.78, 5) is 1.74. The minimum absolute atomic E-state index is 0.309. The molecule has 0 unspecified atom stereocenters. The third kappa shape index (κ3) is 2.33. The van der Waals surface area contributed by atoms with E-state index < -0.39 is 0 Å². The van der Waals surface area contributed by atoms with Crippen molar-refractivity contribution in [3.8, 4) is 0 Å². The number of halogens is 1. The number of anilines is 2. The van der Waals surface area contributed by atoms with Crippen LogP contribution in [0.4, 0.5) is 15.8 Å². The Hall–Kier alpha value is -1.42. The molecule has 1 aromatic carbocycles. The summed E-state index contributed by atoms with van der Waals surface area (Å²) in [6.07, 6.45) is 5.67. The molecule has 2 rings (SSSR count). The molecule has 0 amide bonds. The smallest absolute Gasteiger partial charge is 0.149 e. The molecule has 0 radical (unpaired) electrons. The molecule has 0 bridgehead atoms. The molecule has 1 aliphatic rings. The Morgan fingerprint density at radius 2 is 2.20 bits per heavy atom. The average Bonchev–Trinajstić information content (AvgIpc) is 2.46. The first-order valence-corrected chi connectivity index (χ1v) is 5.60. The van der Waals surface area contributed by atoms with Crippen molar-refractivity contribution in [2.45, 2.75) is 0 Å². The Bertz CT molecular complexity index is 401. The number of thioether (sulfide) groups is 1. The van der Waals surface area contributed by atoms with Crippen molar-refractivity contribution in [2.24, 2.45) is 0 Å². The fourth-order valence-electron chi connectivity index (χ4n) is 1.32. The molecule has 2 nitrogen and oxygen atoms in total. The molecule has 4 heteroatoms. The van der Waals surface area contributed by atoms with Gasteiger partial charge < -0.3 is 10.6 Å². The van der Waals surface area contributed by atoms with E-state index in [9.17, 15) is 4.39 Å². The first-order chi connectivity index (χ1) is 7.27. The van der Waals surface area contributed by atoms with E-state index in [2.05, 4.69) is 0 Å². The largest absolute Gasteiger partial charge is 0.399 e. The number of benzene rings is 1. The van der Waals surface area contributed by atoms with Gasteiger partial charge in [-0.3, -0.25) is 0 Å². The van der Waals surface area contributed by atoms with Crippen LogP contribution in [-0.2, 0) is 0 Å². The minimum Gasteiger partial charge on any atom is -0.399 e. The second-order valence-corrected chi connectivity index (χ2v) is 4.06. The maximum Gasteiger partial charge on any atom is 0.149 e. The van der Waals surface area contributed by atoms with Gasteiger partial charge in [-0.25, -0.2) is 4.39 Å². The molecule has 0 aliphatic carbocycles. The zero-order valence-corrected chi connectivity index (χ0v) is 8.88. The number of rotatable bonds is 1. The van der Waals surface area contributed by atoms with Crippen LogP contribution < -0.4 is 10.6 Å². The van der Waals surface area contributed by atoms with Gasteiger partial charge in [0.1, 0.15) is 5.82 Å². The minimum atomic E-state index is -0.309. The fourth-order valence-corrected chi connectivity index (χ4v) is 1.84.